The molecule has 2 aromatic carbocycles. The first-order chi connectivity index (χ1) is 9.93. The van der Waals surface area contributed by atoms with Crippen LogP contribution >= 0.6 is 0 Å². The van der Waals surface area contributed by atoms with Crippen molar-refractivity contribution in [2.45, 2.75) is 19.4 Å². The minimum absolute atomic E-state index is 1.15. The quantitative estimate of drug-likeness (QED) is 0.625. The first-order valence-electron chi connectivity index (χ1n) is 7.26. The van der Waals surface area contributed by atoms with E-state index < -0.39 is 0 Å². The summed E-state index contributed by atoms with van der Waals surface area (Å²) < 4.78 is 2.44. The summed E-state index contributed by atoms with van der Waals surface area (Å²) in [6, 6.07) is 21.5. The first-order valence-corrected chi connectivity index (χ1v) is 7.26. The number of aryl methyl sites for hydroxylation is 1. The molecular weight excluding hydrogens is 242 g/mol. The lowest BCUT2D eigenvalue weighted by Gasteiger charge is -2.07. The maximum Gasteiger partial charge on any atom is 0.0260 e. The zero-order valence-corrected chi connectivity index (χ0v) is 11.4. The van der Waals surface area contributed by atoms with E-state index in [1.54, 1.807) is 0 Å². The molecule has 0 saturated carbocycles. The molecule has 0 amide bonds. The fourth-order valence-corrected chi connectivity index (χ4v) is 3.25. The molecule has 20 heavy (non-hydrogen) atoms. The second-order valence-corrected chi connectivity index (χ2v) is 5.39. The Hall–Kier alpha value is -2.28. The van der Waals surface area contributed by atoms with Crippen LogP contribution < -0.4 is 0 Å². The average molecular weight is 259 g/mol. The molecule has 1 aliphatic heterocycles. The highest BCUT2D eigenvalue weighted by Crippen LogP contribution is 2.39. The molecule has 1 aromatic heterocycles. The molecule has 0 fully saturated rings. The highest BCUT2D eigenvalue weighted by molar-refractivity contribution is 5.85. The van der Waals surface area contributed by atoms with Gasteiger partial charge in [0.25, 0.3) is 0 Å². The molecule has 2 heterocycles. The van der Waals surface area contributed by atoms with Gasteiger partial charge in [-0.25, -0.2) is 0 Å². The number of fused-ring (bicyclic) bond motifs is 1. The largest absolute Gasteiger partial charge is 0.350 e. The summed E-state index contributed by atoms with van der Waals surface area (Å²) in [5, 5.41) is 0. The van der Waals surface area contributed by atoms with Crippen molar-refractivity contribution >= 4 is 0 Å². The van der Waals surface area contributed by atoms with Crippen molar-refractivity contribution in [3.63, 3.8) is 0 Å². The van der Waals surface area contributed by atoms with Gasteiger partial charge in [0.15, 0.2) is 0 Å². The zero-order chi connectivity index (χ0) is 13.4. The highest BCUT2D eigenvalue weighted by Gasteiger charge is 2.21. The van der Waals surface area contributed by atoms with E-state index in [9.17, 15) is 0 Å². The van der Waals surface area contributed by atoms with E-state index in [0.717, 1.165) is 6.54 Å². The van der Waals surface area contributed by atoms with Crippen LogP contribution in [0.5, 0.6) is 0 Å². The third-order valence-electron chi connectivity index (χ3n) is 4.15. The van der Waals surface area contributed by atoms with Gasteiger partial charge in [-0.3, -0.25) is 0 Å². The summed E-state index contributed by atoms with van der Waals surface area (Å²) in [6.45, 7) is 1.15. The highest BCUT2D eigenvalue weighted by atomic mass is 15.0. The molecule has 1 nitrogen and oxygen atoms in total. The predicted octanol–water partition coefficient (Wildman–Crippen LogP) is 4.77. The number of benzene rings is 2. The summed E-state index contributed by atoms with van der Waals surface area (Å²) in [5.74, 6) is 0. The minimum Gasteiger partial charge on any atom is -0.350 e. The van der Waals surface area contributed by atoms with Crippen LogP contribution in [0.2, 0.25) is 0 Å². The average Bonchev–Trinajstić information content (AvgIpc) is 3.09. The molecule has 0 spiro atoms. The predicted molar refractivity (Wildman–Crippen MR) is 83.6 cm³/mol. The van der Waals surface area contributed by atoms with Gasteiger partial charge in [-0.05, 0) is 24.0 Å². The van der Waals surface area contributed by atoms with Crippen molar-refractivity contribution in [1.82, 2.24) is 4.57 Å². The standard InChI is InChI=1S/C19H17N/c1-3-8-15(9-4-1)17-14-20-13-7-12-18(20)19(17)16-10-5-2-6-11-16/h1-6,8-11,14H,7,12-13H2. The van der Waals surface area contributed by atoms with Crippen LogP contribution in [0.4, 0.5) is 0 Å². The molecule has 1 heteroatoms. The van der Waals surface area contributed by atoms with Crippen LogP contribution in [-0.2, 0) is 13.0 Å². The summed E-state index contributed by atoms with van der Waals surface area (Å²) in [7, 11) is 0. The molecule has 0 saturated heterocycles. The fraction of sp³-hybridized carbons (Fsp3) is 0.158. The first kappa shape index (κ1) is 11.5. The number of aromatic nitrogens is 1. The van der Waals surface area contributed by atoms with Gasteiger partial charge in [0, 0.05) is 29.6 Å². The van der Waals surface area contributed by atoms with Crippen molar-refractivity contribution in [2.24, 2.45) is 0 Å². The van der Waals surface area contributed by atoms with E-state index in [1.807, 2.05) is 0 Å². The second-order valence-electron chi connectivity index (χ2n) is 5.39. The molecule has 98 valence electrons. The van der Waals surface area contributed by atoms with Crippen molar-refractivity contribution in [2.75, 3.05) is 0 Å². The van der Waals surface area contributed by atoms with Crippen LogP contribution in [0.25, 0.3) is 22.3 Å². The number of rotatable bonds is 2. The maximum atomic E-state index is 2.44. The van der Waals surface area contributed by atoms with E-state index in [-0.39, 0.29) is 0 Å². The van der Waals surface area contributed by atoms with Gasteiger partial charge < -0.3 is 4.57 Å². The zero-order valence-electron chi connectivity index (χ0n) is 11.4. The van der Waals surface area contributed by atoms with Crippen molar-refractivity contribution < 1.29 is 0 Å². The Balaban J connectivity index is 1.97. The van der Waals surface area contributed by atoms with Gasteiger partial charge in [-0.15, -0.1) is 0 Å². The Bertz CT molecular complexity index is 723. The molecule has 0 unspecified atom stereocenters. The summed E-state index contributed by atoms with van der Waals surface area (Å²) >= 11 is 0. The van der Waals surface area contributed by atoms with E-state index in [2.05, 4.69) is 71.4 Å². The van der Waals surface area contributed by atoms with Gasteiger partial charge in [0.1, 0.15) is 0 Å². The number of hydrogen-bond acceptors (Lipinski definition) is 0. The molecule has 0 aliphatic carbocycles. The number of hydrogen-bond donors (Lipinski definition) is 0. The van der Waals surface area contributed by atoms with E-state index >= 15 is 0 Å². The number of nitrogens with zero attached hydrogens (tertiary/aromatic N) is 1. The summed E-state index contributed by atoms with van der Waals surface area (Å²) in [5.41, 5.74) is 6.94. The van der Waals surface area contributed by atoms with Crippen LogP contribution in [0.15, 0.2) is 66.9 Å². The smallest absolute Gasteiger partial charge is 0.0260 e. The fourth-order valence-electron chi connectivity index (χ4n) is 3.25. The van der Waals surface area contributed by atoms with Gasteiger partial charge in [-0.1, -0.05) is 60.7 Å². The van der Waals surface area contributed by atoms with Gasteiger partial charge in [-0.2, -0.15) is 0 Å². The van der Waals surface area contributed by atoms with Crippen molar-refractivity contribution in [3.05, 3.63) is 72.6 Å². The van der Waals surface area contributed by atoms with Crippen molar-refractivity contribution in [1.29, 1.82) is 0 Å². The molecule has 3 aromatic rings. The van der Waals surface area contributed by atoms with Gasteiger partial charge in [0.2, 0.25) is 0 Å². The molecule has 4 rings (SSSR count). The van der Waals surface area contributed by atoms with Crippen LogP contribution in [-0.4, -0.2) is 4.57 Å². The minimum atomic E-state index is 1.15. The third-order valence-corrected chi connectivity index (χ3v) is 4.15. The Labute approximate surface area is 119 Å². The van der Waals surface area contributed by atoms with Crippen LogP contribution in [0.3, 0.4) is 0 Å². The van der Waals surface area contributed by atoms with E-state index in [4.69, 9.17) is 0 Å². The van der Waals surface area contributed by atoms with Crippen LogP contribution in [0.1, 0.15) is 12.1 Å². The van der Waals surface area contributed by atoms with Gasteiger partial charge in [0.05, 0.1) is 0 Å². The van der Waals surface area contributed by atoms with E-state index in [1.165, 1.54) is 40.8 Å². The summed E-state index contributed by atoms with van der Waals surface area (Å²) in [6.07, 6.45) is 4.79. The Morgan fingerprint density at radius 1 is 0.750 bits per heavy atom. The Morgan fingerprint density at radius 3 is 2.10 bits per heavy atom. The SMILES string of the molecule is c1ccc(-c2cn3c(c2-c2ccccc2)CCC3)cc1. The Morgan fingerprint density at radius 2 is 1.40 bits per heavy atom. The van der Waals surface area contributed by atoms with Gasteiger partial charge >= 0.3 is 0 Å². The summed E-state index contributed by atoms with van der Waals surface area (Å²) in [4.78, 5) is 0. The second kappa shape index (κ2) is 4.68. The normalized spacial score (nSPS) is 13.4. The lowest BCUT2D eigenvalue weighted by Crippen LogP contribution is -1.88. The molecule has 0 atom stereocenters. The lowest BCUT2D eigenvalue weighted by atomic mass is 9.96. The lowest BCUT2D eigenvalue weighted by molar-refractivity contribution is 0.751. The molecule has 0 bridgehead atoms. The molecule has 1 aliphatic rings. The maximum absolute atomic E-state index is 2.44. The topological polar surface area (TPSA) is 4.93 Å². The Kier molecular flexibility index (Phi) is 2.70. The third kappa shape index (κ3) is 1.78. The van der Waals surface area contributed by atoms with E-state index in [0.29, 0.717) is 0 Å². The monoisotopic (exact) mass is 259 g/mol. The molecular formula is C19H17N. The van der Waals surface area contributed by atoms with Crippen LogP contribution in [0, 0.1) is 0 Å². The van der Waals surface area contributed by atoms with Crippen molar-refractivity contribution in [3.8, 4) is 22.3 Å². The molecule has 0 N–H and O–H groups in total. The molecule has 0 radical (unpaired) electrons.